The molecule has 2 N–H and O–H groups in total. The Bertz CT molecular complexity index is 189. The quantitative estimate of drug-likeness (QED) is 0.648. The second-order valence-electron chi connectivity index (χ2n) is 4.74. The van der Waals surface area contributed by atoms with Gasteiger partial charge < -0.3 is 5.73 Å². The van der Waals surface area contributed by atoms with Crippen LogP contribution in [0.1, 0.15) is 44.9 Å². The summed E-state index contributed by atoms with van der Waals surface area (Å²) in [5.41, 5.74) is 6.46. The van der Waals surface area contributed by atoms with Gasteiger partial charge in [0, 0.05) is 0 Å². The van der Waals surface area contributed by atoms with Gasteiger partial charge >= 0.3 is 0 Å². The monoisotopic (exact) mass is 179 g/mol. The van der Waals surface area contributed by atoms with Crippen LogP contribution in [0.5, 0.6) is 0 Å². The third kappa shape index (κ3) is 1.67. The Hall–Kier alpha value is -0.300. The van der Waals surface area contributed by atoms with E-state index in [0.29, 0.717) is 5.41 Å². The van der Waals surface area contributed by atoms with Crippen molar-refractivity contribution in [1.82, 2.24) is 0 Å². The number of rotatable bonds is 2. The maximum atomic E-state index is 5.97. The van der Waals surface area contributed by atoms with E-state index in [1.165, 1.54) is 44.9 Å². The summed E-state index contributed by atoms with van der Waals surface area (Å²) >= 11 is 0. The summed E-state index contributed by atoms with van der Waals surface area (Å²) in [7, 11) is 0. The van der Waals surface area contributed by atoms with Crippen LogP contribution in [0.15, 0.2) is 12.2 Å². The van der Waals surface area contributed by atoms with Crippen molar-refractivity contribution in [2.75, 3.05) is 6.54 Å². The van der Waals surface area contributed by atoms with Gasteiger partial charge in [0.15, 0.2) is 0 Å². The van der Waals surface area contributed by atoms with Gasteiger partial charge in [-0.15, -0.1) is 0 Å². The van der Waals surface area contributed by atoms with Gasteiger partial charge in [0.05, 0.1) is 0 Å². The lowest BCUT2D eigenvalue weighted by Crippen LogP contribution is -2.35. The van der Waals surface area contributed by atoms with Crippen molar-refractivity contribution in [1.29, 1.82) is 0 Å². The largest absolute Gasteiger partial charge is 0.330 e. The highest BCUT2D eigenvalue weighted by Gasteiger charge is 2.38. The van der Waals surface area contributed by atoms with Crippen LogP contribution >= 0.6 is 0 Å². The first-order valence-corrected chi connectivity index (χ1v) is 5.74. The molecular formula is C12H21N. The van der Waals surface area contributed by atoms with Crippen LogP contribution in [-0.4, -0.2) is 6.54 Å². The lowest BCUT2D eigenvalue weighted by Gasteiger charge is -2.36. The van der Waals surface area contributed by atoms with E-state index < -0.39 is 0 Å². The molecule has 2 aliphatic rings. The van der Waals surface area contributed by atoms with Gasteiger partial charge in [-0.05, 0) is 50.0 Å². The lowest BCUT2D eigenvalue weighted by atomic mass is 9.70. The van der Waals surface area contributed by atoms with Crippen molar-refractivity contribution in [2.24, 2.45) is 17.1 Å². The molecule has 2 rings (SSSR count). The second kappa shape index (κ2) is 3.83. The van der Waals surface area contributed by atoms with Gasteiger partial charge in [0.2, 0.25) is 0 Å². The molecule has 0 heterocycles. The molecule has 13 heavy (non-hydrogen) atoms. The predicted molar refractivity (Wildman–Crippen MR) is 56.4 cm³/mol. The summed E-state index contributed by atoms with van der Waals surface area (Å²) in [6.07, 6.45) is 14.4. The maximum Gasteiger partial charge on any atom is -0.00149 e. The van der Waals surface area contributed by atoms with Gasteiger partial charge in [-0.2, -0.15) is 0 Å². The van der Waals surface area contributed by atoms with Crippen LogP contribution in [0, 0.1) is 11.3 Å². The zero-order valence-electron chi connectivity index (χ0n) is 8.47. The van der Waals surface area contributed by atoms with Gasteiger partial charge in [-0.3, -0.25) is 0 Å². The van der Waals surface area contributed by atoms with Crippen molar-refractivity contribution < 1.29 is 0 Å². The fraction of sp³-hybridized carbons (Fsp3) is 0.833. The lowest BCUT2D eigenvalue weighted by molar-refractivity contribution is 0.198. The molecule has 0 radical (unpaired) electrons. The Kier molecular flexibility index (Phi) is 2.73. The molecule has 1 nitrogen and oxygen atoms in total. The summed E-state index contributed by atoms with van der Waals surface area (Å²) in [5.74, 6) is 0.800. The van der Waals surface area contributed by atoms with Crippen molar-refractivity contribution in [3.8, 4) is 0 Å². The van der Waals surface area contributed by atoms with Crippen LogP contribution in [0.4, 0.5) is 0 Å². The van der Waals surface area contributed by atoms with E-state index in [1.807, 2.05) is 0 Å². The molecule has 0 aromatic rings. The van der Waals surface area contributed by atoms with E-state index in [2.05, 4.69) is 12.2 Å². The van der Waals surface area contributed by atoms with Crippen molar-refractivity contribution in [3.05, 3.63) is 12.2 Å². The molecule has 0 bridgehead atoms. The van der Waals surface area contributed by atoms with E-state index >= 15 is 0 Å². The smallest absolute Gasteiger partial charge is 0.00149 e. The average Bonchev–Trinajstić information content (AvgIpc) is 2.69. The number of nitrogens with two attached hydrogens (primary N) is 1. The molecule has 1 unspecified atom stereocenters. The standard InChI is InChI=1S/C12H21N/c13-10-12(8-4-5-9-12)11-6-2-1-3-7-11/h2,6,11H,1,3-5,7-10,13H2. The zero-order valence-corrected chi connectivity index (χ0v) is 8.47. The van der Waals surface area contributed by atoms with Crippen LogP contribution in [0.2, 0.25) is 0 Å². The van der Waals surface area contributed by atoms with Crippen molar-refractivity contribution in [2.45, 2.75) is 44.9 Å². The zero-order chi connectivity index (χ0) is 9.15. The molecule has 0 aromatic carbocycles. The molecule has 0 spiro atoms. The minimum absolute atomic E-state index is 0.497. The number of hydrogen-bond acceptors (Lipinski definition) is 1. The van der Waals surface area contributed by atoms with E-state index in [4.69, 9.17) is 5.73 Å². The van der Waals surface area contributed by atoms with Crippen LogP contribution in [0.3, 0.4) is 0 Å². The Balaban J connectivity index is 2.10. The molecule has 1 fully saturated rings. The van der Waals surface area contributed by atoms with Gasteiger partial charge in [0.25, 0.3) is 0 Å². The van der Waals surface area contributed by atoms with E-state index in [9.17, 15) is 0 Å². The third-order valence-corrected chi connectivity index (χ3v) is 4.05. The molecule has 74 valence electrons. The van der Waals surface area contributed by atoms with Crippen LogP contribution in [0.25, 0.3) is 0 Å². The fourth-order valence-electron chi connectivity index (χ4n) is 3.13. The van der Waals surface area contributed by atoms with Crippen LogP contribution in [-0.2, 0) is 0 Å². The van der Waals surface area contributed by atoms with Crippen LogP contribution < -0.4 is 5.73 Å². The minimum Gasteiger partial charge on any atom is -0.330 e. The summed E-state index contributed by atoms with van der Waals surface area (Å²) < 4.78 is 0. The highest BCUT2D eigenvalue weighted by molar-refractivity contribution is 5.03. The molecule has 0 amide bonds. The highest BCUT2D eigenvalue weighted by atomic mass is 14.6. The fourth-order valence-corrected chi connectivity index (χ4v) is 3.13. The number of allylic oxidation sites excluding steroid dienone is 2. The Morgan fingerprint density at radius 1 is 1.23 bits per heavy atom. The van der Waals surface area contributed by atoms with E-state index in [-0.39, 0.29) is 0 Å². The summed E-state index contributed by atoms with van der Waals surface area (Å²) in [5, 5.41) is 0. The average molecular weight is 179 g/mol. The predicted octanol–water partition coefficient (Wildman–Crippen LogP) is 2.86. The molecule has 0 saturated heterocycles. The molecule has 1 saturated carbocycles. The van der Waals surface area contributed by atoms with E-state index in [0.717, 1.165) is 12.5 Å². The van der Waals surface area contributed by atoms with Crippen molar-refractivity contribution >= 4 is 0 Å². The Labute approximate surface area is 81.4 Å². The van der Waals surface area contributed by atoms with E-state index in [1.54, 1.807) is 0 Å². The molecule has 0 aliphatic heterocycles. The Morgan fingerprint density at radius 3 is 2.54 bits per heavy atom. The Morgan fingerprint density at radius 2 is 2.00 bits per heavy atom. The van der Waals surface area contributed by atoms with Gasteiger partial charge in [0.1, 0.15) is 0 Å². The summed E-state index contributed by atoms with van der Waals surface area (Å²) in [6.45, 7) is 0.905. The summed E-state index contributed by atoms with van der Waals surface area (Å²) in [6, 6.07) is 0. The molecule has 1 heteroatoms. The SMILES string of the molecule is NCC1(C2C=CCCC2)CCCC1. The molecular weight excluding hydrogens is 158 g/mol. The maximum absolute atomic E-state index is 5.97. The topological polar surface area (TPSA) is 26.0 Å². The van der Waals surface area contributed by atoms with Gasteiger partial charge in [-0.25, -0.2) is 0 Å². The molecule has 1 atom stereocenters. The first-order chi connectivity index (χ1) is 6.37. The normalized spacial score (nSPS) is 32.2. The number of hydrogen-bond donors (Lipinski definition) is 1. The van der Waals surface area contributed by atoms with Gasteiger partial charge in [-0.1, -0.05) is 25.0 Å². The van der Waals surface area contributed by atoms with Crippen molar-refractivity contribution in [3.63, 3.8) is 0 Å². The first kappa shape index (κ1) is 9.26. The molecule has 2 aliphatic carbocycles. The minimum atomic E-state index is 0.497. The second-order valence-corrected chi connectivity index (χ2v) is 4.74. The highest BCUT2D eigenvalue weighted by Crippen LogP contribution is 2.46. The summed E-state index contributed by atoms with van der Waals surface area (Å²) in [4.78, 5) is 0. The first-order valence-electron chi connectivity index (χ1n) is 5.74. The third-order valence-electron chi connectivity index (χ3n) is 4.05. The molecule has 0 aromatic heterocycles.